The normalized spacial score (nSPS) is 20.2. The first kappa shape index (κ1) is 12.4. The number of nitrogens with zero attached hydrogens (tertiary/aromatic N) is 5. The van der Waals surface area contributed by atoms with Gasteiger partial charge in [0.25, 0.3) is 0 Å². The molecule has 3 rings (SSSR count). The summed E-state index contributed by atoms with van der Waals surface area (Å²) in [4.78, 5) is 6.70. The van der Waals surface area contributed by atoms with Crippen LogP contribution in [0.5, 0.6) is 0 Å². The highest BCUT2D eigenvalue weighted by atomic mass is 15.3. The third-order valence-corrected chi connectivity index (χ3v) is 3.95. The Labute approximate surface area is 113 Å². The highest BCUT2D eigenvalue weighted by molar-refractivity contribution is 5.01. The molecule has 2 aromatic rings. The van der Waals surface area contributed by atoms with Crippen molar-refractivity contribution in [2.45, 2.75) is 45.4 Å². The van der Waals surface area contributed by atoms with E-state index in [0.29, 0.717) is 6.04 Å². The van der Waals surface area contributed by atoms with Gasteiger partial charge in [0.1, 0.15) is 0 Å². The summed E-state index contributed by atoms with van der Waals surface area (Å²) >= 11 is 0. The Morgan fingerprint density at radius 3 is 3.11 bits per heavy atom. The number of rotatable bonds is 5. The first-order valence-corrected chi connectivity index (χ1v) is 7.07. The topological polar surface area (TPSA) is 38.9 Å². The maximum atomic E-state index is 4.35. The van der Waals surface area contributed by atoms with Crippen molar-refractivity contribution in [2.24, 2.45) is 0 Å². The summed E-state index contributed by atoms with van der Waals surface area (Å²) in [5.74, 6) is 0. The summed E-state index contributed by atoms with van der Waals surface area (Å²) in [5.41, 5.74) is 1.32. The molecule has 0 N–H and O–H groups in total. The summed E-state index contributed by atoms with van der Waals surface area (Å²) in [6.45, 7) is 6.33. The predicted octanol–water partition coefficient (Wildman–Crippen LogP) is 1.76. The Hall–Kier alpha value is -1.62. The molecule has 5 nitrogen and oxygen atoms in total. The zero-order chi connectivity index (χ0) is 13.1. The lowest BCUT2D eigenvalue weighted by Crippen LogP contribution is -2.33. The molecule has 1 aliphatic heterocycles. The van der Waals surface area contributed by atoms with Crippen LogP contribution in [0.25, 0.3) is 0 Å². The SMILES string of the molecule is CCn1nccc1CN1CCCC1Cn1ccnc1. The second-order valence-corrected chi connectivity index (χ2v) is 5.16. The zero-order valence-corrected chi connectivity index (χ0v) is 11.4. The fourth-order valence-corrected chi connectivity index (χ4v) is 2.94. The molecule has 1 fully saturated rings. The minimum atomic E-state index is 0.620. The van der Waals surface area contributed by atoms with Crippen molar-refractivity contribution >= 4 is 0 Å². The van der Waals surface area contributed by atoms with E-state index in [1.807, 2.05) is 24.9 Å². The quantitative estimate of drug-likeness (QED) is 0.821. The van der Waals surface area contributed by atoms with Crippen LogP contribution in [0, 0.1) is 0 Å². The van der Waals surface area contributed by atoms with Gasteiger partial charge in [0.2, 0.25) is 0 Å². The summed E-state index contributed by atoms with van der Waals surface area (Å²) in [5, 5.41) is 4.35. The number of aryl methyl sites for hydroxylation is 1. The smallest absolute Gasteiger partial charge is 0.0946 e. The monoisotopic (exact) mass is 259 g/mol. The van der Waals surface area contributed by atoms with Gasteiger partial charge in [0.15, 0.2) is 0 Å². The van der Waals surface area contributed by atoms with Crippen molar-refractivity contribution in [3.63, 3.8) is 0 Å². The van der Waals surface area contributed by atoms with Crippen molar-refractivity contribution < 1.29 is 0 Å². The van der Waals surface area contributed by atoms with E-state index in [1.54, 1.807) is 0 Å². The molecule has 2 aromatic heterocycles. The van der Waals surface area contributed by atoms with Gasteiger partial charge < -0.3 is 4.57 Å². The molecule has 19 heavy (non-hydrogen) atoms. The van der Waals surface area contributed by atoms with Gasteiger partial charge in [-0.25, -0.2) is 4.98 Å². The zero-order valence-electron chi connectivity index (χ0n) is 11.4. The predicted molar refractivity (Wildman–Crippen MR) is 73.6 cm³/mol. The Kier molecular flexibility index (Phi) is 3.64. The van der Waals surface area contributed by atoms with E-state index in [9.17, 15) is 0 Å². The van der Waals surface area contributed by atoms with Crippen LogP contribution in [-0.4, -0.2) is 36.8 Å². The standard InChI is InChI=1S/C14H21N5/c1-2-19-14(5-6-16-19)11-18-8-3-4-13(18)10-17-9-7-15-12-17/h5-7,9,12-13H,2-4,8,10-11H2,1H3. The molecule has 0 spiro atoms. The van der Waals surface area contributed by atoms with Gasteiger partial charge in [-0.2, -0.15) is 5.10 Å². The number of hydrogen-bond acceptors (Lipinski definition) is 3. The second kappa shape index (κ2) is 5.57. The largest absolute Gasteiger partial charge is 0.336 e. The molecule has 0 aromatic carbocycles. The van der Waals surface area contributed by atoms with Crippen LogP contribution in [0.4, 0.5) is 0 Å². The summed E-state index contributed by atoms with van der Waals surface area (Å²) in [6.07, 6.45) is 10.3. The Morgan fingerprint density at radius 1 is 1.37 bits per heavy atom. The van der Waals surface area contributed by atoms with Gasteiger partial charge in [-0.05, 0) is 32.4 Å². The lowest BCUT2D eigenvalue weighted by Gasteiger charge is -2.24. The van der Waals surface area contributed by atoms with Crippen LogP contribution in [0.3, 0.4) is 0 Å². The van der Waals surface area contributed by atoms with E-state index in [2.05, 4.69) is 37.2 Å². The molecule has 102 valence electrons. The summed E-state index contributed by atoms with van der Waals surface area (Å²) in [7, 11) is 0. The first-order valence-electron chi connectivity index (χ1n) is 7.07. The first-order chi connectivity index (χ1) is 9.36. The molecule has 5 heteroatoms. The average Bonchev–Trinajstić information content (AvgIpc) is 3.14. The molecule has 0 aliphatic carbocycles. The fraction of sp³-hybridized carbons (Fsp3) is 0.571. The molecule has 0 radical (unpaired) electrons. The van der Waals surface area contributed by atoms with Gasteiger partial charge in [-0.3, -0.25) is 9.58 Å². The van der Waals surface area contributed by atoms with Crippen LogP contribution in [0.15, 0.2) is 31.0 Å². The fourth-order valence-electron chi connectivity index (χ4n) is 2.94. The summed E-state index contributed by atoms with van der Waals surface area (Å²) < 4.78 is 4.27. The lowest BCUT2D eigenvalue weighted by atomic mass is 10.2. The maximum Gasteiger partial charge on any atom is 0.0946 e. The van der Waals surface area contributed by atoms with E-state index in [1.165, 1.54) is 25.1 Å². The molecule has 1 aliphatic rings. The molecule has 1 atom stereocenters. The Balaban J connectivity index is 1.66. The van der Waals surface area contributed by atoms with E-state index >= 15 is 0 Å². The highest BCUT2D eigenvalue weighted by Crippen LogP contribution is 2.21. The Bertz CT molecular complexity index is 502. The summed E-state index contributed by atoms with van der Waals surface area (Å²) in [6, 6.07) is 2.75. The second-order valence-electron chi connectivity index (χ2n) is 5.16. The molecule has 1 saturated heterocycles. The highest BCUT2D eigenvalue weighted by Gasteiger charge is 2.25. The molecule has 3 heterocycles. The number of likely N-dealkylation sites (tertiary alicyclic amines) is 1. The van der Waals surface area contributed by atoms with Crippen molar-refractivity contribution in [1.82, 2.24) is 24.2 Å². The van der Waals surface area contributed by atoms with Crippen LogP contribution in [-0.2, 0) is 19.6 Å². The van der Waals surface area contributed by atoms with Gasteiger partial charge in [0, 0.05) is 44.3 Å². The van der Waals surface area contributed by atoms with E-state index in [4.69, 9.17) is 0 Å². The Morgan fingerprint density at radius 2 is 2.32 bits per heavy atom. The van der Waals surface area contributed by atoms with Crippen molar-refractivity contribution in [3.05, 3.63) is 36.7 Å². The molecular weight excluding hydrogens is 238 g/mol. The number of imidazole rings is 1. The minimum absolute atomic E-state index is 0.620. The number of aromatic nitrogens is 4. The van der Waals surface area contributed by atoms with E-state index < -0.39 is 0 Å². The van der Waals surface area contributed by atoms with Gasteiger partial charge in [-0.1, -0.05) is 0 Å². The van der Waals surface area contributed by atoms with Crippen LogP contribution < -0.4 is 0 Å². The van der Waals surface area contributed by atoms with Crippen LogP contribution >= 0.6 is 0 Å². The molecule has 0 amide bonds. The lowest BCUT2D eigenvalue weighted by molar-refractivity contribution is 0.218. The van der Waals surface area contributed by atoms with Crippen LogP contribution in [0.1, 0.15) is 25.5 Å². The third kappa shape index (κ3) is 2.71. The van der Waals surface area contributed by atoms with Gasteiger partial charge in [0.05, 0.1) is 12.0 Å². The van der Waals surface area contributed by atoms with Crippen molar-refractivity contribution in [2.75, 3.05) is 6.54 Å². The maximum absolute atomic E-state index is 4.35. The average molecular weight is 259 g/mol. The van der Waals surface area contributed by atoms with Crippen molar-refractivity contribution in [3.8, 4) is 0 Å². The molecular formula is C14H21N5. The third-order valence-electron chi connectivity index (χ3n) is 3.95. The van der Waals surface area contributed by atoms with E-state index in [0.717, 1.165) is 19.6 Å². The van der Waals surface area contributed by atoms with Crippen molar-refractivity contribution in [1.29, 1.82) is 0 Å². The van der Waals surface area contributed by atoms with E-state index in [-0.39, 0.29) is 0 Å². The molecule has 1 unspecified atom stereocenters. The molecule has 0 saturated carbocycles. The minimum Gasteiger partial charge on any atom is -0.336 e. The number of hydrogen-bond donors (Lipinski definition) is 0. The molecule has 0 bridgehead atoms. The van der Waals surface area contributed by atoms with Crippen LogP contribution in [0.2, 0.25) is 0 Å². The van der Waals surface area contributed by atoms with Gasteiger partial charge in [-0.15, -0.1) is 0 Å². The van der Waals surface area contributed by atoms with Gasteiger partial charge >= 0.3 is 0 Å².